The minimum Gasteiger partial charge on any atom is -0.488 e. The van der Waals surface area contributed by atoms with Gasteiger partial charge in [-0.1, -0.05) is 63.7 Å². The zero-order chi connectivity index (χ0) is 28.5. The van der Waals surface area contributed by atoms with Crippen LogP contribution >= 0.6 is 61.5 Å². The number of halogens is 6. The Morgan fingerprint density at radius 1 is 1.31 bits per heavy atom. The molecule has 13 heteroatoms. The number of carbonyl (C=O) groups is 1. The van der Waals surface area contributed by atoms with Gasteiger partial charge in [-0.3, -0.25) is 9.36 Å². The van der Waals surface area contributed by atoms with E-state index in [1.54, 1.807) is 12.1 Å². The van der Waals surface area contributed by atoms with Gasteiger partial charge in [-0.05, 0) is 65.4 Å². The van der Waals surface area contributed by atoms with Gasteiger partial charge in [0.25, 0.3) is 5.56 Å². The molecule has 0 saturated heterocycles. The van der Waals surface area contributed by atoms with E-state index in [0.29, 0.717) is 20.8 Å². The molecule has 1 aliphatic heterocycles. The molecule has 3 aromatic rings. The summed E-state index contributed by atoms with van der Waals surface area (Å²) in [5.74, 6) is -0.744. The second-order valence-electron chi connectivity index (χ2n) is 8.02. The Hall–Kier alpha value is -2.42. The van der Waals surface area contributed by atoms with E-state index in [1.807, 2.05) is 6.07 Å². The first-order chi connectivity index (χ1) is 18.5. The molecule has 1 aliphatic rings. The molecule has 0 fully saturated rings. The fourth-order valence-corrected chi connectivity index (χ4v) is 6.75. The van der Waals surface area contributed by atoms with E-state index < -0.39 is 35.0 Å². The fraction of sp³-hybridized carbons (Fsp3) is 0.192. The molecule has 39 heavy (non-hydrogen) atoms. The number of aromatic nitrogens is 1. The molecule has 0 aliphatic carbocycles. The van der Waals surface area contributed by atoms with Crippen LogP contribution in [0, 0.1) is 3.57 Å². The van der Waals surface area contributed by atoms with Crippen molar-refractivity contribution in [2.24, 2.45) is 4.99 Å². The zero-order valence-corrected chi connectivity index (χ0v) is 25.3. The summed E-state index contributed by atoms with van der Waals surface area (Å²) in [5, 5.41) is 0.333. The summed E-state index contributed by atoms with van der Waals surface area (Å²) in [4.78, 5) is 30.2. The van der Waals surface area contributed by atoms with Crippen LogP contribution in [-0.4, -0.2) is 29.9 Å². The third-order valence-electron chi connectivity index (χ3n) is 5.45. The smallest absolute Gasteiger partial charge is 0.434 e. The lowest BCUT2D eigenvalue weighted by Gasteiger charge is -2.26. The minimum absolute atomic E-state index is 0.0942. The average molecular weight is 754 g/mol. The van der Waals surface area contributed by atoms with Crippen molar-refractivity contribution < 1.29 is 27.4 Å². The number of hydrogen-bond donors (Lipinski definition) is 0. The highest BCUT2D eigenvalue weighted by atomic mass is 127. The highest BCUT2D eigenvalue weighted by molar-refractivity contribution is 14.1. The normalized spacial score (nSPS) is 15.6. The maximum atomic E-state index is 14.3. The number of nitrogens with zero attached hydrogens (tertiary/aromatic N) is 2. The van der Waals surface area contributed by atoms with Crippen LogP contribution in [0.2, 0.25) is 5.02 Å². The monoisotopic (exact) mass is 752 g/mol. The summed E-state index contributed by atoms with van der Waals surface area (Å²) in [6, 6.07) is 7.95. The SMILES string of the molecule is C=CCOc1c(I)cc(Br)cc1/C=c1\sc2n(c1=O)[C@@H](c1ccc(Cl)cc1)C(C(=O)OCC)=C(C(F)(F)F)N=2. The Bertz CT molecular complexity index is 1670. The lowest BCUT2D eigenvalue weighted by molar-refractivity contribution is -0.140. The highest BCUT2D eigenvalue weighted by Crippen LogP contribution is 2.38. The molecule has 6 nitrogen and oxygen atoms in total. The Morgan fingerprint density at radius 3 is 2.62 bits per heavy atom. The first kappa shape index (κ1) is 29.6. The Kier molecular flexibility index (Phi) is 9.08. The van der Waals surface area contributed by atoms with Crippen LogP contribution < -0.4 is 19.6 Å². The van der Waals surface area contributed by atoms with Crippen molar-refractivity contribution in [1.29, 1.82) is 0 Å². The Morgan fingerprint density at radius 2 is 2.00 bits per heavy atom. The van der Waals surface area contributed by atoms with E-state index >= 15 is 0 Å². The lowest BCUT2D eigenvalue weighted by Crippen LogP contribution is -2.41. The van der Waals surface area contributed by atoms with Crippen molar-refractivity contribution in [2.75, 3.05) is 13.2 Å². The molecule has 4 rings (SSSR count). The van der Waals surface area contributed by atoms with Crippen molar-refractivity contribution in [1.82, 2.24) is 4.57 Å². The van der Waals surface area contributed by atoms with Gasteiger partial charge in [-0.15, -0.1) is 0 Å². The number of esters is 1. The topological polar surface area (TPSA) is 69.9 Å². The van der Waals surface area contributed by atoms with Crippen LogP contribution in [0.1, 0.15) is 24.1 Å². The van der Waals surface area contributed by atoms with Crippen LogP contribution in [0.15, 0.2) is 74.6 Å². The highest BCUT2D eigenvalue weighted by Gasteiger charge is 2.45. The van der Waals surface area contributed by atoms with Gasteiger partial charge in [0, 0.05) is 15.1 Å². The molecule has 0 radical (unpaired) electrons. The predicted molar refractivity (Wildman–Crippen MR) is 155 cm³/mol. The Balaban J connectivity index is 2.05. The van der Waals surface area contributed by atoms with Gasteiger partial charge in [-0.2, -0.15) is 13.2 Å². The van der Waals surface area contributed by atoms with Crippen molar-refractivity contribution in [3.63, 3.8) is 0 Å². The number of benzene rings is 2. The van der Waals surface area contributed by atoms with Crippen molar-refractivity contribution >= 4 is 73.5 Å². The number of rotatable bonds is 7. The average Bonchev–Trinajstić information content (AvgIpc) is 3.17. The van der Waals surface area contributed by atoms with Crippen LogP contribution in [-0.2, 0) is 9.53 Å². The number of carbonyl (C=O) groups excluding carboxylic acids is 1. The van der Waals surface area contributed by atoms with E-state index in [0.717, 1.165) is 19.5 Å². The first-order valence-corrected chi connectivity index (χ1v) is 14.3. The number of ether oxygens (including phenoxy) is 2. The molecule has 0 spiro atoms. The van der Waals surface area contributed by atoms with Crippen molar-refractivity contribution in [2.45, 2.75) is 19.1 Å². The fourth-order valence-electron chi connectivity index (χ4n) is 3.92. The molecule has 2 aromatic carbocycles. The molecule has 0 amide bonds. The summed E-state index contributed by atoms with van der Waals surface area (Å²) in [6.45, 7) is 5.16. The number of thiazole rings is 1. The summed E-state index contributed by atoms with van der Waals surface area (Å²) in [6.07, 6.45) is -1.90. The minimum atomic E-state index is -4.99. The summed E-state index contributed by atoms with van der Waals surface area (Å²) < 4.78 is 56.2. The molecule has 0 saturated carbocycles. The molecule has 204 valence electrons. The quantitative estimate of drug-likeness (QED) is 0.171. The molecule has 1 atom stereocenters. The van der Waals surface area contributed by atoms with Crippen LogP contribution in [0.25, 0.3) is 6.08 Å². The zero-order valence-electron chi connectivity index (χ0n) is 20.0. The third-order valence-corrected chi connectivity index (χ3v) is 7.94. The number of allylic oxidation sites excluding steroid dienone is 1. The van der Waals surface area contributed by atoms with Gasteiger partial charge in [0.2, 0.25) is 0 Å². The van der Waals surface area contributed by atoms with Gasteiger partial charge in [0.15, 0.2) is 10.5 Å². The molecule has 0 unspecified atom stereocenters. The van der Waals surface area contributed by atoms with Crippen LogP contribution in [0.5, 0.6) is 5.75 Å². The van der Waals surface area contributed by atoms with Crippen LogP contribution in [0.4, 0.5) is 13.2 Å². The van der Waals surface area contributed by atoms with Gasteiger partial charge in [-0.25, -0.2) is 9.79 Å². The maximum absolute atomic E-state index is 14.3. The number of fused-ring (bicyclic) bond motifs is 1. The van der Waals surface area contributed by atoms with Gasteiger partial charge < -0.3 is 9.47 Å². The number of hydrogen-bond acceptors (Lipinski definition) is 6. The Labute approximate surface area is 251 Å². The number of alkyl halides is 3. The van der Waals surface area contributed by atoms with Crippen molar-refractivity contribution in [3.8, 4) is 5.75 Å². The van der Waals surface area contributed by atoms with E-state index in [2.05, 4.69) is 50.1 Å². The van der Waals surface area contributed by atoms with Gasteiger partial charge in [0.1, 0.15) is 12.4 Å². The largest absolute Gasteiger partial charge is 0.488 e. The lowest BCUT2D eigenvalue weighted by atomic mass is 9.95. The molecule has 1 aromatic heterocycles. The molecule has 2 heterocycles. The van der Waals surface area contributed by atoms with E-state index in [4.69, 9.17) is 21.1 Å². The molecular formula is C26H18BrClF3IN2O4S. The third kappa shape index (κ3) is 6.18. The van der Waals surface area contributed by atoms with Crippen LogP contribution in [0.3, 0.4) is 0 Å². The van der Waals surface area contributed by atoms with Gasteiger partial charge >= 0.3 is 12.1 Å². The van der Waals surface area contributed by atoms with E-state index in [-0.39, 0.29) is 28.1 Å². The van der Waals surface area contributed by atoms with E-state index in [1.165, 1.54) is 37.3 Å². The molecule has 0 bridgehead atoms. The second kappa shape index (κ2) is 12.0. The maximum Gasteiger partial charge on any atom is 0.434 e. The summed E-state index contributed by atoms with van der Waals surface area (Å²) in [5.41, 5.74) is -2.08. The molecular weight excluding hydrogens is 736 g/mol. The van der Waals surface area contributed by atoms with Gasteiger partial charge in [0.05, 0.1) is 26.3 Å². The van der Waals surface area contributed by atoms with Crippen molar-refractivity contribution in [3.05, 3.63) is 104 Å². The summed E-state index contributed by atoms with van der Waals surface area (Å²) in [7, 11) is 0. The molecule has 0 N–H and O–H groups in total. The second-order valence-corrected chi connectivity index (χ2v) is 11.5. The predicted octanol–water partition coefficient (Wildman–Crippen LogP) is 5.93. The first-order valence-electron chi connectivity index (χ1n) is 11.2. The van der Waals surface area contributed by atoms with E-state index in [9.17, 15) is 22.8 Å². The standard InChI is InChI=1S/C26H18BrClF3IN2O4S/c1-3-9-38-21-14(10-15(27)12-17(21)32)11-18-23(35)34-20(13-5-7-16(28)8-6-13)19(24(36)37-4-2)22(26(29,30)31)33-25(34)39-18/h3,5-8,10-12,20H,1,4,9H2,2H3/b18-11-/t20-/m0/s1. The summed E-state index contributed by atoms with van der Waals surface area (Å²) >= 11 is 12.3.